The average Bonchev–Trinajstić information content (AvgIpc) is 2.56. The number of hydrogen-bond acceptors (Lipinski definition) is 3. The fourth-order valence-electron chi connectivity index (χ4n) is 2.17. The van der Waals surface area contributed by atoms with Crippen molar-refractivity contribution in [2.45, 2.75) is 12.3 Å². The number of benzene rings is 2. The van der Waals surface area contributed by atoms with E-state index < -0.39 is 18.3 Å². The van der Waals surface area contributed by atoms with Crippen molar-refractivity contribution >= 4 is 34.6 Å². The minimum absolute atomic E-state index is 0.00882. The molecule has 24 heavy (non-hydrogen) atoms. The van der Waals surface area contributed by atoms with Crippen molar-refractivity contribution in [2.75, 3.05) is 11.9 Å². The van der Waals surface area contributed by atoms with Crippen LogP contribution in [0.4, 0.5) is 18.9 Å². The normalized spacial score (nSPS) is 11.0. The Hall–Kier alpha value is -2.08. The molecule has 0 atom stereocenters. The van der Waals surface area contributed by atoms with E-state index >= 15 is 0 Å². The van der Waals surface area contributed by atoms with Gasteiger partial charge in [-0.1, -0.05) is 12.1 Å². The van der Waals surface area contributed by atoms with Crippen LogP contribution in [0.1, 0.15) is 16.7 Å². The van der Waals surface area contributed by atoms with Gasteiger partial charge in [0.25, 0.3) is 5.92 Å². The highest BCUT2D eigenvalue weighted by Crippen LogP contribution is 2.30. The molecule has 0 aromatic heterocycles. The Morgan fingerprint density at radius 2 is 2.04 bits per heavy atom. The fraction of sp³-hybridized carbons (Fsp3) is 0.176. The van der Waals surface area contributed by atoms with Gasteiger partial charge in [0.2, 0.25) is 0 Å². The fourth-order valence-corrected chi connectivity index (χ4v) is 2.71. The van der Waals surface area contributed by atoms with Crippen LogP contribution >= 0.6 is 22.6 Å². The maximum atomic E-state index is 14.3. The molecule has 0 aliphatic carbocycles. The van der Waals surface area contributed by atoms with Gasteiger partial charge in [-0.3, -0.25) is 0 Å². The third-order valence-corrected chi connectivity index (χ3v) is 4.07. The standard InChI is InChI=1S/C17H12F3IN2O/c18-16-14(6-7-24)11(9-22)4-5-15(16)23-10-17(19,20)12-2-1-3-13(21)8-12/h1-5,7-8,23H,6,10H2. The van der Waals surface area contributed by atoms with Crippen molar-refractivity contribution < 1.29 is 18.0 Å². The monoisotopic (exact) mass is 444 g/mol. The third-order valence-electron chi connectivity index (χ3n) is 3.40. The zero-order valence-electron chi connectivity index (χ0n) is 12.3. The summed E-state index contributed by atoms with van der Waals surface area (Å²) >= 11 is 1.93. The summed E-state index contributed by atoms with van der Waals surface area (Å²) in [7, 11) is 0. The van der Waals surface area contributed by atoms with Crippen LogP contribution in [0.2, 0.25) is 0 Å². The van der Waals surface area contributed by atoms with E-state index in [-0.39, 0.29) is 28.8 Å². The van der Waals surface area contributed by atoms with Gasteiger partial charge in [-0.15, -0.1) is 0 Å². The summed E-state index contributed by atoms with van der Waals surface area (Å²) in [4.78, 5) is 10.6. The van der Waals surface area contributed by atoms with E-state index in [4.69, 9.17) is 5.26 Å². The molecule has 2 aromatic rings. The van der Waals surface area contributed by atoms with E-state index in [1.165, 1.54) is 30.3 Å². The minimum atomic E-state index is -3.20. The molecule has 124 valence electrons. The van der Waals surface area contributed by atoms with E-state index in [0.29, 0.717) is 9.86 Å². The van der Waals surface area contributed by atoms with Gasteiger partial charge in [-0.2, -0.15) is 14.0 Å². The number of anilines is 1. The molecule has 0 radical (unpaired) electrons. The second-order valence-electron chi connectivity index (χ2n) is 5.00. The summed E-state index contributed by atoms with van der Waals surface area (Å²) < 4.78 is 43.5. The van der Waals surface area contributed by atoms with Crippen LogP contribution < -0.4 is 5.32 Å². The van der Waals surface area contributed by atoms with Crippen molar-refractivity contribution in [3.05, 3.63) is 62.5 Å². The number of carbonyl (C=O) groups excluding carboxylic acids is 1. The van der Waals surface area contributed by atoms with Crippen LogP contribution in [0.15, 0.2) is 36.4 Å². The quantitative estimate of drug-likeness (QED) is 0.536. The SMILES string of the molecule is N#Cc1ccc(NCC(F)(F)c2cccc(I)c2)c(F)c1CC=O. The van der Waals surface area contributed by atoms with Gasteiger partial charge in [0.1, 0.15) is 6.29 Å². The number of nitrogens with zero attached hydrogens (tertiary/aromatic N) is 1. The smallest absolute Gasteiger partial charge is 0.290 e. The molecular weight excluding hydrogens is 432 g/mol. The molecule has 2 aromatic carbocycles. The first-order valence-electron chi connectivity index (χ1n) is 6.92. The highest BCUT2D eigenvalue weighted by Gasteiger charge is 2.31. The Labute approximate surface area is 150 Å². The number of nitriles is 1. The van der Waals surface area contributed by atoms with Gasteiger partial charge >= 0.3 is 0 Å². The molecule has 0 unspecified atom stereocenters. The van der Waals surface area contributed by atoms with E-state index in [9.17, 15) is 18.0 Å². The van der Waals surface area contributed by atoms with Crippen LogP contribution in [0, 0.1) is 20.7 Å². The highest BCUT2D eigenvalue weighted by atomic mass is 127. The Bertz CT molecular complexity index is 803. The summed E-state index contributed by atoms with van der Waals surface area (Å²) in [6.45, 7) is -0.809. The zero-order chi connectivity index (χ0) is 17.7. The van der Waals surface area contributed by atoms with Gasteiger partial charge in [0.15, 0.2) is 5.82 Å². The number of alkyl halides is 2. The van der Waals surface area contributed by atoms with Crippen LogP contribution in [0.25, 0.3) is 0 Å². The molecule has 0 heterocycles. The van der Waals surface area contributed by atoms with Crippen molar-refractivity contribution in [3.8, 4) is 6.07 Å². The van der Waals surface area contributed by atoms with E-state index in [0.717, 1.165) is 0 Å². The van der Waals surface area contributed by atoms with Crippen molar-refractivity contribution in [1.29, 1.82) is 5.26 Å². The van der Waals surface area contributed by atoms with Gasteiger partial charge in [-0.25, -0.2) is 4.39 Å². The molecule has 0 aliphatic rings. The Morgan fingerprint density at radius 3 is 2.67 bits per heavy atom. The van der Waals surface area contributed by atoms with Crippen LogP contribution in [-0.4, -0.2) is 12.8 Å². The maximum absolute atomic E-state index is 14.3. The number of rotatable bonds is 6. The third kappa shape index (κ3) is 4.06. The van der Waals surface area contributed by atoms with Crippen molar-refractivity contribution in [1.82, 2.24) is 0 Å². The molecule has 0 bridgehead atoms. The summed E-state index contributed by atoms with van der Waals surface area (Å²) in [6, 6.07) is 10.2. The number of carbonyl (C=O) groups is 1. The molecule has 0 saturated heterocycles. The lowest BCUT2D eigenvalue weighted by molar-refractivity contribution is -0.107. The Morgan fingerprint density at radius 1 is 1.29 bits per heavy atom. The van der Waals surface area contributed by atoms with Gasteiger partial charge in [0, 0.05) is 21.1 Å². The van der Waals surface area contributed by atoms with Crippen LogP contribution in [0.5, 0.6) is 0 Å². The number of hydrogen-bond donors (Lipinski definition) is 1. The van der Waals surface area contributed by atoms with E-state index in [1.807, 2.05) is 22.6 Å². The van der Waals surface area contributed by atoms with Crippen LogP contribution in [-0.2, 0) is 17.1 Å². The topological polar surface area (TPSA) is 52.9 Å². The second kappa shape index (κ2) is 7.66. The van der Waals surface area contributed by atoms with E-state index in [2.05, 4.69) is 5.32 Å². The number of halogens is 4. The largest absolute Gasteiger partial charge is 0.376 e. The molecule has 3 nitrogen and oxygen atoms in total. The molecule has 2 rings (SSSR count). The summed E-state index contributed by atoms with van der Waals surface area (Å²) in [5.74, 6) is -4.06. The zero-order valence-corrected chi connectivity index (χ0v) is 14.5. The molecule has 1 N–H and O–H groups in total. The average molecular weight is 444 g/mol. The Kier molecular flexibility index (Phi) is 5.83. The second-order valence-corrected chi connectivity index (χ2v) is 6.25. The molecule has 0 spiro atoms. The summed E-state index contributed by atoms with van der Waals surface area (Å²) in [6.07, 6.45) is 0.168. The molecule has 7 heteroatoms. The highest BCUT2D eigenvalue weighted by molar-refractivity contribution is 14.1. The van der Waals surface area contributed by atoms with Gasteiger partial charge in [0.05, 0.1) is 23.9 Å². The first kappa shape index (κ1) is 18.3. The lowest BCUT2D eigenvalue weighted by atomic mass is 10.0. The number of aldehydes is 1. The number of nitrogens with one attached hydrogen (secondary N) is 1. The molecule has 0 amide bonds. The predicted octanol–water partition coefficient (Wildman–Crippen LogP) is 4.25. The maximum Gasteiger partial charge on any atom is 0.290 e. The minimum Gasteiger partial charge on any atom is -0.376 e. The predicted molar refractivity (Wildman–Crippen MR) is 92.4 cm³/mol. The van der Waals surface area contributed by atoms with Crippen LogP contribution in [0.3, 0.4) is 0 Å². The van der Waals surface area contributed by atoms with Crippen molar-refractivity contribution in [2.24, 2.45) is 0 Å². The molecular formula is C17H12F3IN2O. The first-order valence-corrected chi connectivity index (χ1v) is 7.99. The lowest BCUT2D eigenvalue weighted by Crippen LogP contribution is -2.25. The van der Waals surface area contributed by atoms with Gasteiger partial charge in [-0.05, 0) is 46.9 Å². The van der Waals surface area contributed by atoms with Crippen molar-refractivity contribution in [3.63, 3.8) is 0 Å². The molecule has 0 fully saturated rings. The molecule has 0 aliphatic heterocycles. The summed E-state index contributed by atoms with van der Waals surface area (Å²) in [5.41, 5.74) is -0.440. The summed E-state index contributed by atoms with van der Waals surface area (Å²) in [5, 5.41) is 11.3. The van der Waals surface area contributed by atoms with E-state index in [1.54, 1.807) is 12.1 Å². The first-order chi connectivity index (χ1) is 11.4. The molecule has 0 saturated carbocycles. The van der Waals surface area contributed by atoms with Gasteiger partial charge < -0.3 is 10.1 Å². The Balaban J connectivity index is 2.24. The lowest BCUT2D eigenvalue weighted by Gasteiger charge is -2.19.